The van der Waals surface area contributed by atoms with Crippen LogP contribution < -0.4 is 5.56 Å². The number of aromatic amines is 1. The molecule has 30 heavy (non-hydrogen) atoms. The Morgan fingerprint density at radius 3 is 2.40 bits per heavy atom. The van der Waals surface area contributed by atoms with Crippen molar-refractivity contribution in [2.24, 2.45) is 0 Å². The van der Waals surface area contributed by atoms with Crippen molar-refractivity contribution in [3.8, 4) is 5.69 Å². The molecule has 148 valence electrons. The summed E-state index contributed by atoms with van der Waals surface area (Å²) < 4.78 is 1.79. The number of H-pyrrole nitrogens is 1. The molecule has 0 aliphatic carbocycles. The second-order valence-electron chi connectivity index (χ2n) is 7.41. The van der Waals surface area contributed by atoms with Gasteiger partial charge in [-0.3, -0.25) is 14.2 Å². The number of benzene rings is 3. The van der Waals surface area contributed by atoms with E-state index in [1.807, 2.05) is 35.2 Å². The standard InChI is InChI=1S/C24H19N3O2S/c28-22(26-14-13-16-5-1-2-6-18(16)15-26)17-9-11-19(12-10-17)27-23(29)20-7-3-4-8-21(20)25-24(27)30/h1-12H,13-15H2,(H,25,30). The molecule has 0 fully saturated rings. The van der Waals surface area contributed by atoms with Crippen molar-refractivity contribution in [3.63, 3.8) is 0 Å². The molecule has 3 aromatic carbocycles. The quantitative estimate of drug-likeness (QED) is 0.500. The molecular formula is C24H19N3O2S. The fourth-order valence-corrected chi connectivity index (χ4v) is 4.30. The van der Waals surface area contributed by atoms with Gasteiger partial charge in [0.2, 0.25) is 0 Å². The number of fused-ring (bicyclic) bond motifs is 2. The predicted octanol–water partition coefficient (Wildman–Crippen LogP) is 4.25. The Balaban J connectivity index is 1.46. The molecule has 0 unspecified atom stereocenters. The zero-order valence-electron chi connectivity index (χ0n) is 16.2. The summed E-state index contributed by atoms with van der Waals surface area (Å²) in [7, 11) is 0. The van der Waals surface area contributed by atoms with Crippen LogP contribution in [-0.4, -0.2) is 26.9 Å². The van der Waals surface area contributed by atoms with Gasteiger partial charge >= 0.3 is 0 Å². The second kappa shape index (κ2) is 7.39. The lowest BCUT2D eigenvalue weighted by Gasteiger charge is -2.29. The van der Waals surface area contributed by atoms with E-state index in [2.05, 4.69) is 17.1 Å². The highest BCUT2D eigenvalue weighted by molar-refractivity contribution is 7.71. The molecule has 4 aromatic rings. The van der Waals surface area contributed by atoms with Crippen molar-refractivity contribution in [2.75, 3.05) is 6.54 Å². The second-order valence-corrected chi connectivity index (χ2v) is 7.80. The number of hydrogen-bond donors (Lipinski definition) is 1. The molecule has 0 atom stereocenters. The fraction of sp³-hybridized carbons (Fsp3) is 0.125. The maximum absolute atomic E-state index is 13.0. The topological polar surface area (TPSA) is 58.1 Å². The Hall–Kier alpha value is -3.51. The van der Waals surface area contributed by atoms with Crippen molar-refractivity contribution in [1.29, 1.82) is 0 Å². The zero-order valence-corrected chi connectivity index (χ0v) is 17.0. The summed E-state index contributed by atoms with van der Waals surface area (Å²) in [6, 6.07) is 22.6. The van der Waals surface area contributed by atoms with Gasteiger partial charge in [0.15, 0.2) is 4.77 Å². The molecule has 2 heterocycles. The minimum absolute atomic E-state index is 0.00734. The Kier molecular flexibility index (Phi) is 4.56. The third-order valence-electron chi connectivity index (χ3n) is 5.60. The highest BCUT2D eigenvalue weighted by Crippen LogP contribution is 2.21. The lowest BCUT2D eigenvalue weighted by atomic mass is 9.99. The first-order valence-electron chi connectivity index (χ1n) is 9.82. The number of carbonyl (C=O) groups excluding carboxylic acids is 1. The minimum Gasteiger partial charge on any atom is -0.334 e. The largest absolute Gasteiger partial charge is 0.334 e. The van der Waals surface area contributed by atoms with E-state index < -0.39 is 0 Å². The SMILES string of the molecule is O=C(c1ccc(-n2c(=S)[nH]c3ccccc3c2=O)cc1)N1CCc2ccccc2C1. The molecule has 1 aromatic heterocycles. The number of amides is 1. The lowest BCUT2D eigenvalue weighted by molar-refractivity contribution is 0.0734. The third-order valence-corrected chi connectivity index (χ3v) is 5.88. The maximum atomic E-state index is 13.0. The fourth-order valence-electron chi connectivity index (χ4n) is 4.00. The van der Waals surface area contributed by atoms with Crippen LogP contribution in [0.5, 0.6) is 0 Å². The smallest absolute Gasteiger partial charge is 0.266 e. The van der Waals surface area contributed by atoms with Crippen LogP contribution in [0.1, 0.15) is 21.5 Å². The highest BCUT2D eigenvalue weighted by Gasteiger charge is 2.21. The maximum Gasteiger partial charge on any atom is 0.266 e. The van der Waals surface area contributed by atoms with E-state index >= 15 is 0 Å². The molecule has 1 N–H and O–H groups in total. The van der Waals surface area contributed by atoms with Gasteiger partial charge in [-0.15, -0.1) is 0 Å². The molecule has 5 nitrogen and oxygen atoms in total. The predicted molar refractivity (Wildman–Crippen MR) is 120 cm³/mol. The van der Waals surface area contributed by atoms with E-state index in [9.17, 15) is 9.59 Å². The van der Waals surface area contributed by atoms with Gasteiger partial charge in [0, 0.05) is 18.7 Å². The summed E-state index contributed by atoms with van der Waals surface area (Å²) in [4.78, 5) is 30.9. The van der Waals surface area contributed by atoms with Crippen LogP contribution >= 0.6 is 12.2 Å². The van der Waals surface area contributed by atoms with Crippen LogP contribution in [0.4, 0.5) is 0 Å². The summed E-state index contributed by atoms with van der Waals surface area (Å²) in [6.45, 7) is 1.32. The van der Waals surface area contributed by atoms with Gasteiger partial charge in [0.05, 0.1) is 16.6 Å². The van der Waals surface area contributed by atoms with Gasteiger partial charge in [0.25, 0.3) is 11.5 Å². The number of aromatic nitrogens is 2. The summed E-state index contributed by atoms with van der Waals surface area (Å²) >= 11 is 5.41. The molecule has 0 radical (unpaired) electrons. The molecule has 0 saturated heterocycles. The Labute approximate surface area is 178 Å². The van der Waals surface area contributed by atoms with Crippen molar-refractivity contribution in [2.45, 2.75) is 13.0 Å². The Bertz CT molecular complexity index is 1390. The normalized spacial score (nSPS) is 13.3. The third kappa shape index (κ3) is 3.15. The van der Waals surface area contributed by atoms with E-state index in [4.69, 9.17) is 12.2 Å². The molecule has 0 spiro atoms. The van der Waals surface area contributed by atoms with Crippen LogP contribution in [0.3, 0.4) is 0 Å². The van der Waals surface area contributed by atoms with Gasteiger partial charge in [-0.2, -0.15) is 0 Å². The first-order valence-corrected chi connectivity index (χ1v) is 10.2. The van der Waals surface area contributed by atoms with E-state index in [1.165, 1.54) is 15.7 Å². The van der Waals surface area contributed by atoms with Crippen LogP contribution in [0.15, 0.2) is 77.6 Å². The van der Waals surface area contributed by atoms with E-state index in [1.54, 1.807) is 30.3 Å². The van der Waals surface area contributed by atoms with Gasteiger partial charge in [0.1, 0.15) is 0 Å². The average molecular weight is 414 g/mol. The summed E-state index contributed by atoms with van der Waals surface area (Å²) in [6.07, 6.45) is 0.863. The molecule has 1 aliphatic rings. The van der Waals surface area contributed by atoms with Gasteiger partial charge in [-0.1, -0.05) is 36.4 Å². The highest BCUT2D eigenvalue weighted by atomic mass is 32.1. The van der Waals surface area contributed by atoms with Crippen LogP contribution in [0, 0.1) is 4.77 Å². The molecule has 1 amide bonds. The van der Waals surface area contributed by atoms with Crippen molar-refractivity contribution < 1.29 is 4.79 Å². The van der Waals surface area contributed by atoms with Gasteiger partial charge < -0.3 is 9.88 Å². The van der Waals surface area contributed by atoms with E-state index in [0.29, 0.717) is 40.0 Å². The van der Waals surface area contributed by atoms with Crippen LogP contribution in [0.25, 0.3) is 16.6 Å². The summed E-state index contributed by atoms with van der Waals surface area (Å²) in [5.74, 6) is -0.00734. The summed E-state index contributed by atoms with van der Waals surface area (Å²) in [5, 5.41) is 0.568. The lowest BCUT2D eigenvalue weighted by Crippen LogP contribution is -2.35. The van der Waals surface area contributed by atoms with Crippen molar-refractivity contribution in [3.05, 3.63) is 105 Å². The average Bonchev–Trinajstić information content (AvgIpc) is 2.79. The zero-order chi connectivity index (χ0) is 20.7. The molecular weight excluding hydrogens is 394 g/mol. The number of para-hydroxylation sites is 1. The monoisotopic (exact) mass is 413 g/mol. The minimum atomic E-state index is -0.180. The summed E-state index contributed by atoms with van der Waals surface area (Å²) in [5.41, 5.74) is 4.26. The van der Waals surface area contributed by atoms with Gasteiger partial charge in [-0.05, 0) is 66.2 Å². The van der Waals surface area contributed by atoms with E-state index in [0.717, 1.165) is 6.42 Å². The number of nitrogens with zero attached hydrogens (tertiary/aromatic N) is 2. The van der Waals surface area contributed by atoms with E-state index in [-0.39, 0.29) is 11.5 Å². The Morgan fingerprint density at radius 2 is 1.60 bits per heavy atom. The van der Waals surface area contributed by atoms with Crippen molar-refractivity contribution in [1.82, 2.24) is 14.5 Å². The molecule has 1 aliphatic heterocycles. The molecule has 5 rings (SSSR count). The molecule has 0 bridgehead atoms. The first kappa shape index (κ1) is 18.5. The van der Waals surface area contributed by atoms with Crippen LogP contribution in [-0.2, 0) is 13.0 Å². The number of carbonyl (C=O) groups is 1. The van der Waals surface area contributed by atoms with Crippen molar-refractivity contribution >= 4 is 29.0 Å². The molecule has 0 saturated carbocycles. The number of rotatable bonds is 2. The molecule has 6 heteroatoms. The number of nitrogens with one attached hydrogen (secondary N) is 1. The first-order chi connectivity index (χ1) is 14.6. The Morgan fingerprint density at radius 1 is 0.900 bits per heavy atom. The van der Waals surface area contributed by atoms with Gasteiger partial charge in [-0.25, -0.2) is 0 Å². The number of hydrogen-bond acceptors (Lipinski definition) is 3. The van der Waals surface area contributed by atoms with Crippen LogP contribution in [0.2, 0.25) is 0 Å².